The highest BCUT2D eigenvalue weighted by molar-refractivity contribution is 6.32. The maximum Gasteiger partial charge on any atom is 0.287 e. The standard InChI is InChI=1S/C13H22ClN3O2/c1-5-17-12(18)11(14)10(7-16-17)15-8-13(4,19)6-9(2)3/h7,9,15,19H,5-6,8H2,1-4H3. The molecule has 19 heavy (non-hydrogen) atoms. The van der Waals surface area contributed by atoms with E-state index in [9.17, 15) is 9.90 Å². The molecule has 0 saturated carbocycles. The SMILES string of the molecule is CCn1ncc(NCC(C)(O)CC(C)C)c(Cl)c1=O. The smallest absolute Gasteiger partial charge is 0.287 e. The van der Waals surface area contributed by atoms with Crippen LogP contribution in [0.15, 0.2) is 11.0 Å². The summed E-state index contributed by atoms with van der Waals surface area (Å²) in [5.74, 6) is 0.387. The molecule has 0 aliphatic rings. The molecule has 0 aromatic carbocycles. The molecule has 1 heterocycles. The molecule has 108 valence electrons. The van der Waals surface area contributed by atoms with E-state index < -0.39 is 5.60 Å². The fourth-order valence-electron chi connectivity index (χ4n) is 2.05. The van der Waals surface area contributed by atoms with Crippen LogP contribution in [0.1, 0.15) is 34.1 Å². The Bertz CT molecular complexity index is 483. The van der Waals surface area contributed by atoms with Crippen LogP contribution in [0.2, 0.25) is 5.02 Å². The Labute approximate surface area is 118 Å². The molecular weight excluding hydrogens is 266 g/mol. The van der Waals surface area contributed by atoms with E-state index in [0.717, 1.165) is 0 Å². The number of aliphatic hydroxyl groups is 1. The van der Waals surface area contributed by atoms with E-state index >= 15 is 0 Å². The van der Waals surface area contributed by atoms with E-state index in [2.05, 4.69) is 10.4 Å². The minimum Gasteiger partial charge on any atom is -0.388 e. The van der Waals surface area contributed by atoms with Gasteiger partial charge in [0.15, 0.2) is 0 Å². The molecule has 0 aliphatic heterocycles. The summed E-state index contributed by atoms with van der Waals surface area (Å²) < 4.78 is 1.29. The molecule has 0 radical (unpaired) electrons. The van der Waals surface area contributed by atoms with Crippen molar-refractivity contribution in [3.63, 3.8) is 0 Å². The Morgan fingerprint density at radius 2 is 2.21 bits per heavy atom. The molecule has 0 spiro atoms. The zero-order valence-corrected chi connectivity index (χ0v) is 12.7. The number of aryl methyl sites for hydroxylation is 1. The van der Waals surface area contributed by atoms with Crippen molar-refractivity contribution in [1.82, 2.24) is 9.78 Å². The lowest BCUT2D eigenvalue weighted by atomic mass is 9.94. The number of anilines is 1. The van der Waals surface area contributed by atoms with Gasteiger partial charge in [0.05, 0.1) is 17.5 Å². The topological polar surface area (TPSA) is 67.2 Å². The highest BCUT2D eigenvalue weighted by atomic mass is 35.5. The van der Waals surface area contributed by atoms with Gasteiger partial charge >= 0.3 is 0 Å². The van der Waals surface area contributed by atoms with Crippen LogP contribution in [0.3, 0.4) is 0 Å². The number of nitrogens with zero attached hydrogens (tertiary/aromatic N) is 2. The summed E-state index contributed by atoms with van der Waals surface area (Å²) in [6, 6.07) is 0. The summed E-state index contributed by atoms with van der Waals surface area (Å²) in [6.45, 7) is 8.47. The second-order valence-electron chi connectivity index (χ2n) is 5.44. The third-order valence-corrected chi connectivity index (χ3v) is 3.16. The molecule has 2 N–H and O–H groups in total. The first-order valence-corrected chi connectivity index (χ1v) is 6.86. The Morgan fingerprint density at radius 1 is 1.58 bits per heavy atom. The average molecular weight is 288 g/mol. The van der Waals surface area contributed by atoms with Crippen LogP contribution in [-0.2, 0) is 6.54 Å². The number of aromatic nitrogens is 2. The van der Waals surface area contributed by atoms with E-state index in [0.29, 0.717) is 31.1 Å². The maximum absolute atomic E-state index is 11.8. The number of hydrogen-bond acceptors (Lipinski definition) is 4. The summed E-state index contributed by atoms with van der Waals surface area (Å²) in [6.07, 6.45) is 2.18. The number of nitrogens with one attached hydrogen (secondary N) is 1. The molecular formula is C13H22ClN3O2. The van der Waals surface area contributed by atoms with Gasteiger partial charge in [-0.2, -0.15) is 5.10 Å². The van der Waals surface area contributed by atoms with Gasteiger partial charge in [0.2, 0.25) is 0 Å². The zero-order valence-electron chi connectivity index (χ0n) is 11.9. The third-order valence-electron chi connectivity index (χ3n) is 2.79. The van der Waals surface area contributed by atoms with Gasteiger partial charge in [0.1, 0.15) is 5.02 Å². The van der Waals surface area contributed by atoms with Crippen molar-refractivity contribution in [3.05, 3.63) is 21.6 Å². The van der Waals surface area contributed by atoms with Crippen molar-refractivity contribution >= 4 is 17.3 Å². The van der Waals surface area contributed by atoms with E-state index in [4.69, 9.17) is 11.6 Å². The molecule has 1 rings (SSSR count). The predicted octanol–water partition coefficient (Wildman–Crippen LogP) is 2.13. The van der Waals surface area contributed by atoms with E-state index in [1.807, 2.05) is 20.8 Å². The Balaban J connectivity index is 2.79. The summed E-state index contributed by atoms with van der Waals surface area (Å²) in [5, 5.41) is 17.3. The largest absolute Gasteiger partial charge is 0.388 e. The highest BCUT2D eigenvalue weighted by Crippen LogP contribution is 2.20. The lowest BCUT2D eigenvalue weighted by Gasteiger charge is -2.26. The summed E-state index contributed by atoms with van der Waals surface area (Å²) in [7, 11) is 0. The summed E-state index contributed by atoms with van der Waals surface area (Å²) >= 11 is 5.99. The van der Waals surface area contributed by atoms with Gasteiger partial charge in [-0.3, -0.25) is 4.79 Å². The minimum atomic E-state index is -0.850. The van der Waals surface area contributed by atoms with Gasteiger partial charge in [0, 0.05) is 13.1 Å². The van der Waals surface area contributed by atoms with E-state index in [1.165, 1.54) is 10.9 Å². The molecule has 0 aliphatic carbocycles. The second-order valence-corrected chi connectivity index (χ2v) is 5.82. The van der Waals surface area contributed by atoms with Gasteiger partial charge in [-0.15, -0.1) is 0 Å². The van der Waals surface area contributed by atoms with Gasteiger partial charge in [0.25, 0.3) is 5.56 Å². The summed E-state index contributed by atoms with van der Waals surface area (Å²) in [4.78, 5) is 11.8. The molecule has 0 fully saturated rings. The Kier molecular flexibility index (Phi) is 5.38. The molecule has 6 heteroatoms. The van der Waals surface area contributed by atoms with Crippen LogP contribution >= 0.6 is 11.6 Å². The zero-order chi connectivity index (χ0) is 14.6. The minimum absolute atomic E-state index is 0.109. The monoisotopic (exact) mass is 287 g/mol. The molecule has 1 aromatic heterocycles. The fraction of sp³-hybridized carbons (Fsp3) is 0.692. The average Bonchev–Trinajstić information content (AvgIpc) is 2.29. The van der Waals surface area contributed by atoms with Crippen molar-refractivity contribution < 1.29 is 5.11 Å². The Hall–Kier alpha value is -1.07. The van der Waals surface area contributed by atoms with Gasteiger partial charge in [-0.05, 0) is 26.2 Å². The molecule has 5 nitrogen and oxygen atoms in total. The van der Waals surface area contributed by atoms with Crippen LogP contribution in [0.4, 0.5) is 5.69 Å². The van der Waals surface area contributed by atoms with Crippen LogP contribution < -0.4 is 10.9 Å². The number of rotatable bonds is 6. The normalized spacial score (nSPS) is 14.5. The van der Waals surface area contributed by atoms with Crippen molar-refractivity contribution in [3.8, 4) is 0 Å². The van der Waals surface area contributed by atoms with Crippen LogP contribution in [0.25, 0.3) is 0 Å². The van der Waals surface area contributed by atoms with Crippen LogP contribution in [0.5, 0.6) is 0 Å². The van der Waals surface area contributed by atoms with Crippen molar-refractivity contribution in [1.29, 1.82) is 0 Å². The molecule has 1 unspecified atom stereocenters. The fourth-order valence-corrected chi connectivity index (χ4v) is 2.26. The van der Waals surface area contributed by atoms with Crippen LogP contribution in [-0.4, -0.2) is 27.0 Å². The molecule has 0 saturated heterocycles. The number of halogens is 1. The second kappa shape index (κ2) is 6.39. The van der Waals surface area contributed by atoms with Gasteiger partial charge in [-0.25, -0.2) is 4.68 Å². The first-order chi connectivity index (χ1) is 8.76. The lowest BCUT2D eigenvalue weighted by molar-refractivity contribution is 0.0515. The Morgan fingerprint density at radius 3 is 2.74 bits per heavy atom. The quantitative estimate of drug-likeness (QED) is 0.841. The first-order valence-electron chi connectivity index (χ1n) is 6.48. The van der Waals surface area contributed by atoms with Crippen molar-refractivity contribution in [2.24, 2.45) is 5.92 Å². The van der Waals surface area contributed by atoms with Crippen LogP contribution in [0, 0.1) is 5.92 Å². The highest BCUT2D eigenvalue weighted by Gasteiger charge is 2.22. The molecule has 0 amide bonds. The van der Waals surface area contributed by atoms with Crippen molar-refractivity contribution in [2.75, 3.05) is 11.9 Å². The van der Waals surface area contributed by atoms with Gasteiger partial charge < -0.3 is 10.4 Å². The molecule has 1 aromatic rings. The molecule has 1 atom stereocenters. The van der Waals surface area contributed by atoms with Gasteiger partial charge in [-0.1, -0.05) is 25.4 Å². The first kappa shape index (κ1) is 16.0. The van der Waals surface area contributed by atoms with Crippen molar-refractivity contribution in [2.45, 2.75) is 46.3 Å². The lowest BCUT2D eigenvalue weighted by Crippen LogP contribution is -2.35. The number of hydrogen-bond donors (Lipinski definition) is 2. The van der Waals surface area contributed by atoms with E-state index in [-0.39, 0.29) is 10.6 Å². The molecule has 0 bridgehead atoms. The van der Waals surface area contributed by atoms with E-state index in [1.54, 1.807) is 6.92 Å². The predicted molar refractivity (Wildman–Crippen MR) is 77.7 cm³/mol. The summed E-state index contributed by atoms with van der Waals surface area (Å²) in [5.41, 5.74) is -0.713. The maximum atomic E-state index is 11.8. The third kappa shape index (κ3) is 4.51.